The summed E-state index contributed by atoms with van der Waals surface area (Å²) in [6.45, 7) is 2.79. The molecule has 2 aromatic heterocycles. The van der Waals surface area contributed by atoms with Crippen molar-refractivity contribution in [3.05, 3.63) is 34.1 Å². The molecule has 0 aliphatic carbocycles. The van der Waals surface area contributed by atoms with Gasteiger partial charge in [-0.1, -0.05) is 30.1 Å². The lowest BCUT2D eigenvalue weighted by Gasteiger charge is -2.10. The van der Waals surface area contributed by atoms with Crippen molar-refractivity contribution in [2.75, 3.05) is 18.9 Å². The van der Waals surface area contributed by atoms with Crippen molar-refractivity contribution in [2.45, 2.75) is 13.3 Å². The number of carbonyl (C=O) groups excluding carboxylic acids is 1. The minimum Gasteiger partial charge on any atom is -0.369 e. The van der Waals surface area contributed by atoms with E-state index >= 15 is 0 Å². The van der Waals surface area contributed by atoms with E-state index in [1.165, 1.54) is 4.68 Å². The monoisotopic (exact) mass is 327 g/mol. The predicted octanol–water partition coefficient (Wildman–Crippen LogP) is 2.76. The Bertz CT molecular complexity index is 656. The molecule has 0 unspecified atom stereocenters. The molecule has 2 rings (SSSR count). The summed E-state index contributed by atoms with van der Waals surface area (Å²) in [5.41, 5.74) is 0.286. The topological polar surface area (TPSA) is 71.8 Å². The lowest BCUT2D eigenvalue weighted by atomic mass is 10.4. The Morgan fingerprint density at radius 3 is 2.81 bits per heavy atom. The predicted molar refractivity (Wildman–Crippen MR) is 83.5 cm³/mol. The van der Waals surface area contributed by atoms with Crippen LogP contribution in [0.5, 0.6) is 0 Å². The largest absolute Gasteiger partial charge is 0.369 e. The summed E-state index contributed by atoms with van der Waals surface area (Å²) in [5.74, 6) is 0.674. The van der Waals surface area contributed by atoms with E-state index in [9.17, 15) is 4.79 Å². The number of rotatable bonds is 5. The van der Waals surface area contributed by atoms with E-state index in [0.717, 1.165) is 13.0 Å². The molecular weight excluding hydrogens is 313 g/mol. The Morgan fingerprint density at radius 2 is 2.14 bits per heavy atom. The second kappa shape index (κ2) is 6.78. The van der Waals surface area contributed by atoms with E-state index in [1.54, 1.807) is 25.4 Å². The zero-order chi connectivity index (χ0) is 15.4. The van der Waals surface area contributed by atoms with Crippen LogP contribution in [0.25, 0.3) is 5.82 Å². The first kappa shape index (κ1) is 15.6. The van der Waals surface area contributed by atoms with Crippen molar-refractivity contribution >= 4 is 34.9 Å². The zero-order valence-electron chi connectivity index (χ0n) is 11.7. The third kappa shape index (κ3) is 3.46. The first-order chi connectivity index (χ1) is 10.1. The molecule has 0 aliphatic heterocycles. The molecule has 0 spiro atoms. The van der Waals surface area contributed by atoms with Gasteiger partial charge in [0.15, 0.2) is 11.5 Å². The highest BCUT2D eigenvalue weighted by molar-refractivity contribution is 6.36. The normalized spacial score (nSPS) is 10.5. The van der Waals surface area contributed by atoms with Crippen molar-refractivity contribution in [1.29, 1.82) is 0 Å². The van der Waals surface area contributed by atoms with Gasteiger partial charge in [-0.25, -0.2) is 9.67 Å². The van der Waals surface area contributed by atoms with Gasteiger partial charge in [0.2, 0.25) is 0 Å². The average molecular weight is 328 g/mol. The molecule has 21 heavy (non-hydrogen) atoms. The standard InChI is InChI=1S/C13H15Cl2N5O/c1-3-5-17-11-8(14)7-9(15)12(18-11)20-6-4-10(19-20)13(21)16-2/h4,6-7H,3,5H2,1-2H3,(H,16,21)(H,17,18). The first-order valence-electron chi connectivity index (χ1n) is 6.44. The van der Waals surface area contributed by atoms with E-state index in [0.29, 0.717) is 21.7 Å². The Hall–Kier alpha value is -1.79. The number of pyridine rings is 1. The molecule has 0 saturated heterocycles. The van der Waals surface area contributed by atoms with Crippen LogP contribution in [0.4, 0.5) is 5.82 Å². The summed E-state index contributed by atoms with van der Waals surface area (Å²) in [4.78, 5) is 15.9. The summed E-state index contributed by atoms with van der Waals surface area (Å²) in [6.07, 6.45) is 2.56. The second-order valence-electron chi connectivity index (χ2n) is 4.28. The molecule has 6 nitrogen and oxygen atoms in total. The van der Waals surface area contributed by atoms with Gasteiger partial charge in [-0.05, 0) is 18.6 Å². The number of hydrogen-bond donors (Lipinski definition) is 2. The molecule has 8 heteroatoms. The maximum Gasteiger partial charge on any atom is 0.271 e. The number of carbonyl (C=O) groups is 1. The molecule has 0 saturated carbocycles. The van der Waals surface area contributed by atoms with Gasteiger partial charge in [0.1, 0.15) is 5.82 Å². The van der Waals surface area contributed by atoms with Gasteiger partial charge >= 0.3 is 0 Å². The van der Waals surface area contributed by atoms with Gasteiger partial charge in [0.25, 0.3) is 5.91 Å². The average Bonchev–Trinajstić information content (AvgIpc) is 2.95. The van der Waals surface area contributed by atoms with Gasteiger partial charge in [-0.3, -0.25) is 4.79 Å². The summed E-state index contributed by atoms with van der Waals surface area (Å²) in [7, 11) is 1.54. The van der Waals surface area contributed by atoms with Crippen LogP contribution in [0.2, 0.25) is 10.0 Å². The first-order valence-corrected chi connectivity index (χ1v) is 7.20. The highest BCUT2D eigenvalue weighted by atomic mass is 35.5. The van der Waals surface area contributed by atoms with E-state index in [-0.39, 0.29) is 11.6 Å². The molecule has 0 fully saturated rings. The molecule has 2 heterocycles. The summed E-state index contributed by atoms with van der Waals surface area (Å²) >= 11 is 12.3. The molecule has 1 amide bonds. The van der Waals surface area contributed by atoms with E-state index in [1.807, 2.05) is 6.92 Å². The van der Waals surface area contributed by atoms with Crippen molar-refractivity contribution in [3.8, 4) is 5.82 Å². The summed E-state index contributed by atoms with van der Waals surface area (Å²) in [6, 6.07) is 3.19. The van der Waals surface area contributed by atoms with Crippen LogP contribution in [0.1, 0.15) is 23.8 Å². The molecule has 0 atom stereocenters. The molecule has 2 aromatic rings. The third-order valence-corrected chi connectivity index (χ3v) is 3.29. The smallest absolute Gasteiger partial charge is 0.271 e. The summed E-state index contributed by atoms with van der Waals surface area (Å²) in [5, 5.41) is 10.6. The zero-order valence-corrected chi connectivity index (χ0v) is 13.2. The van der Waals surface area contributed by atoms with E-state index in [2.05, 4.69) is 20.7 Å². The Kier molecular flexibility index (Phi) is 5.03. The van der Waals surface area contributed by atoms with Crippen molar-refractivity contribution < 1.29 is 4.79 Å². The fourth-order valence-electron chi connectivity index (χ4n) is 1.68. The van der Waals surface area contributed by atoms with E-state index in [4.69, 9.17) is 23.2 Å². The van der Waals surface area contributed by atoms with Gasteiger partial charge in [0, 0.05) is 19.8 Å². The number of nitrogens with one attached hydrogen (secondary N) is 2. The third-order valence-electron chi connectivity index (χ3n) is 2.72. The Balaban J connectivity index is 2.38. The van der Waals surface area contributed by atoms with Crippen molar-refractivity contribution in [2.24, 2.45) is 0 Å². The molecule has 2 N–H and O–H groups in total. The van der Waals surface area contributed by atoms with Crippen LogP contribution < -0.4 is 10.6 Å². The molecule has 0 bridgehead atoms. The van der Waals surface area contributed by atoms with Crippen LogP contribution in [-0.4, -0.2) is 34.3 Å². The Morgan fingerprint density at radius 1 is 1.38 bits per heavy atom. The highest BCUT2D eigenvalue weighted by Gasteiger charge is 2.14. The quantitative estimate of drug-likeness (QED) is 0.885. The molecule has 0 radical (unpaired) electrons. The van der Waals surface area contributed by atoms with Crippen LogP contribution in [0.3, 0.4) is 0 Å². The Labute approximate surface area is 132 Å². The number of amides is 1. The van der Waals surface area contributed by atoms with Crippen LogP contribution in [0, 0.1) is 0 Å². The SMILES string of the molecule is CCCNc1nc(-n2ccc(C(=O)NC)n2)c(Cl)cc1Cl. The fraction of sp³-hybridized carbons (Fsp3) is 0.308. The van der Waals surface area contributed by atoms with Crippen molar-refractivity contribution in [1.82, 2.24) is 20.1 Å². The number of hydrogen-bond acceptors (Lipinski definition) is 4. The fourth-order valence-corrected chi connectivity index (χ4v) is 2.19. The molecular formula is C13H15Cl2N5O. The molecule has 0 aliphatic rings. The number of halogens is 2. The van der Waals surface area contributed by atoms with Gasteiger partial charge < -0.3 is 10.6 Å². The van der Waals surface area contributed by atoms with Crippen LogP contribution >= 0.6 is 23.2 Å². The van der Waals surface area contributed by atoms with Crippen LogP contribution in [0.15, 0.2) is 18.3 Å². The highest BCUT2D eigenvalue weighted by Crippen LogP contribution is 2.28. The summed E-state index contributed by atoms with van der Waals surface area (Å²) < 4.78 is 1.44. The number of aromatic nitrogens is 3. The van der Waals surface area contributed by atoms with E-state index < -0.39 is 0 Å². The minimum absolute atomic E-state index is 0.275. The van der Waals surface area contributed by atoms with Gasteiger partial charge in [0.05, 0.1) is 10.0 Å². The molecule has 0 aromatic carbocycles. The van der Waals surface area contributed by atoms with Gasteiger partial charge in [-0.2, -0.15) is 5.10 Å². The maximum absolute atomic E-state index is 11.5. The molecule has 112 valence electrons. The number of nitrogens with zero attached hydrogens (tertiary/aromatic N) is 3. The maximum atomic E-state index is 11.5. The number of anilines is 1. The second-order valence-corrected chi connectivity index (χ2v) is 5.09. The van der Waals surface area contributed by atoms with Crippen molar-refractivity contribution in [3.63, 3.8) is 0 Å². The lowest BCUT2D eigenvalue weighted by Crippen LogP contribution is -2.18. The minimum atomic E-state index is -0.275. The van der Waals surface area contributed by atoms with Gasteiger partial charge in [-0.15, -0.1) is 0 Å². The van der Waals surface area contributed by atoms with Crippen LogP contribution in [-0.2, 0) is 0 Å². The lowest BCUT2D eigenvalue weighted by molar-refractivity contribution is 0.0957.